The monoisotopic (exact) mass is 204 g/mol. The molecule has 0 unspecified atom stereocenters. The van der Waals surface area contributed by atoms with Crippen molar-refractivity contribution in [3.63, 3.8) is 0 Å². The molecule has 1 aromatic carbocycles. The number of hydrogen-bond donors (Lipinski definition) is 1. The van der Waals surface area contributed by atoms with Crippen molar-refractivity contribution < 1.29 is 4.74 Å². The predicted octanol–water partition coefficient (Wildman–Crippen LogP) is 2.26. The fourth-order valence-electron chi connectivity index (χ4n) is 1.78. The second-order valence-corrected chi connectivity index (χ2v) is 3.49. The second-order valence-electron chi connectivity index (χ2n) is 3.49. The zero-order valence-electron chi connectivity index (χ0n) is 8.94. The third-order valence-corrected chi connectivity index (χ3v) is 2.50. The lowest BCUT2D eigenvalue weighted by Crippen LogP contribution is -2.05. The largest absolute Gasteiger partial charge is 0.397 e. The molecule has 0 fully saturated rings. The van der Waals surface area contributed by atoms with E-state index in [2.05, 4.69) is 22.9 Å². The van der Waals surface area contributed by atoms with E-state index in [4.69, 9.17) is 10.5 Å². The molecule has 0 spiro atoms. The highest BCUT2D eigenvalue weighted by molar-refractivity contribution is 5.90. The Morgan fingerprint density at radius 2 is 2.20 bits per heavy atom. The molecule has 0 aliphatic heterocycles. The fourth-order valence-corrected chi connectivity index (χ4v) is 1.78. The van der Waals surface area contributed by atoms with Crippen LogP contribution in [0, 0.1) is 0 Å². The number of benzene rings is 1. The van der Waals surface area contributed by atoms with Crippen molar-refractivity contribution in [2.75, 3.05) is 18.9 Å². The minimum Gasteiger partial charge on any atom is -0.397 e. The molecule has 0 atom stereocenters. The topological polar surface area (TPSA) is 40.2 Å². The summed E-state index contributed by atoms with van der Waals surface area (Å²) in [5.41, 5.74) is 7.88. The predicted molar refractivity (Wildman–Crippen MR) is 62.8 cm³/mol. The number of para-hydroxylation sites is 1. The third kappa shape index (κ3) is 1.97. The average molecular weight is 204 g/mol. The summed E-state index contributed by atoms with van der Waals surface area (Å²) < 4.78 is 7.47. The van der Waals surface area contributed by atoms with Crippen LogP contribution >= 0.6 is 0 Å². The van der Waals surface area contributed by atoms with Gasteiger partial charge in [0.1, 0.15) is 0 Å². The Hall–Kier alpha value is -1.48. The molecular weight excluding hydrogens is 188 g/mol. The summed E-state index contributed by atoms with van der Waals surface area (Å²) in [6.45, 7) is 4.34. The van der Waals surface area contributed by atoms with Crippen LogP contribution in [0.25, 0.3) is 10.9 Å². The van der Waals surface area contributed by atoms with Crippen molar-refractivity contribution >= 4 is 16.6 Å². The molecule has 3 nitrogen and oxygen atoms in total. The fraction of sp³-hybridized carbons (Fsp3) is 0.333. The molecule has 2 aromatic rings. The SMILES string of the molecule is CCOCCn1ccc2cccc(N)c21. The molecule has 0 saturated heterocycles. The summed E-state index contributed by atoms with van der Waals surface area (Å²) in [6.07, 6.45) is 2.06. The molecule has 2 rings (SSSR count). The van der Waals surface area contributed by atoms with Crippen LogP contribution in [0.1, 0.15) is 6.92 Å². The normalized spacial score (nSPS) is 11.0. The molecular formula is C12H16N2O. The minimum atomic E-state index is 0.731. The Balaban J connectivity index is 2.27. The summed E-state index contributed by atoms with van der Waals surface area (Å²) >= 11 is 0. The summed E-state index contributed by atoms with van der Waals surface area (Å²) in [5, 5.41) is 1.19. The van der Waals surface area contributed by atoms with Crippen molar-refractivity contribution in [2.24, 2.45) is 0 Å². The Kier molecular flexibility index (Phi) is 2.92. The van der Waals surface area contributed by atoms with E-state index in [1.165, 1.54) is 5.39 Å². The molecule has 15 heavy (non-hydrogen) atoms. The van der Waals surface area contributed by atoms with Gasteiger partial charge in [-0.2, -0.15) is 0 Å². The van der Waals surface area contributed by atoms with Gasteiger partial charge in [0.05, 0.1) is 17.8 Å². The molecule has 80 valence electrons. The first-order valence-corrected chi connectivity index (χ1v) is 5.24. The maximum atomic E-state index is 5.94. The van der Waals surface area contributed by atoms with Gasteiger partial charge in [0, 0.05) is 24.7 Å². The molecule has 1 aromatic heterocycles. The smallest absolute Gasteiger partial charge is 0.0714 e. The maximum Gasteiger partial charge on any atom is 0.0714 e. The number of nitrogens with two attached hydrogens (primary N) is 1. The highest BCUT2D eigenvalue weighted by atomic mass is 16.5. The zero-order valence-corrected chi connectivity index (χ0v) is 8.94. The Morgan fingerprint density at radius 3 is 3.00 bits per heavy atom. The number of aromatic nitrogens is 1. The van der Waals surface area contributed by atoms with E-state index >= 15 is 0 Å². The lowest BCUT2D eigenvalue weighted by atomic mass is 10.2. The van der Waals surface area contributed by atoms with E-state index in [-0.39, 0.29) is 0 Å². The van der Waals surface area contributed by atoms with Crippen LogP contribution in [0.15, 0.2) is 30.5 Å². The number of hydrogen-bond acceptors (Lipinski definition) is 2. The van der Waals surface area contributed by atoms with Crippen molar-refractivity contribution in [3.8, 4) is 0 Å². The Labute approximate surface area is 89.4 Å². The van der Waals surface area contributed by atoms with E-state index in [1.807, 2.05) is 19.1 Å². The standard InChI is InChI=1S/C12H16N2O/c1-2-15-9-8-14-7-6-10-4-3-5-11(13)12(10)14/h3-7H,2,8-9,13H2,1H3. The zero-order chi connectivity index (χ0) is 10.7. The first-order chi connectivity index (χ1) is 7.33. The van der Waals surface area contributed by atoms with Gasteiger partial charge in [0.25, 0.3) is 0 Å². The third-order valence-electron chi connectivity index (χ3n) is 2.50. The summed E-state index contributed by atoms with van der Waals surface area (Å²) in [6, 6.07) is 8.06. The van der Waals surface area contributed by atoms with Crippen LogP contribution in [-0.2, 0) is 11.3 Å². The highest BCUT2D eigenvalue weighted by Gasteiger charge is 2.03. The van der Waals surface area contributed by atoms with Crippen LogP contribution in [0.4, 0.5) is 5.69 Å². The van der Waals surface area contributed by atoms with Gasteiger partial charge in [-0.3, -0.25) is 0 Å². The van der Waals surface area contributed by atoms with E-state index in [1.54, 1.807) is 0 Å². The molecule has 1 heterocycles. The summed E-state index contributed by atoms with van der Waals surface area (Å²) in [7, 11) is 0. The molecule has 0 saturated carbocycles. The Morgan fingerprint density at radius 1 is 1.33 bits per heavy atom. The maximum absolute atomic E-state index is 5.94. The van der Waals surface area contributed by atoms with Gasteiger partial charge in [-0.1, -0.05) is 12.1 Å². The van der Waals surface area contributed by atoms with Gasteiger partial charge in [-0.05, 0) is 19.1 Å². The van der Waals surface area contributed by atoms with Gasteiger partial charge < -0.3 is 15.0 Å². The molecule has 0 aliphatic rings. The quantitative estimate of drug-likeness (QED) is 0.613. The van der Waals surface area contributed by atoms with Gasteiger partial charge in [-0.25, -0.2) is 0 Å². The van der Waals surface area contributed by atoms with Crippen molar-refractivity contribution in [1.29, 1.82) is 0 Å². The summed E-state index contributed by atoms with van der Waals surface area (Å²) in [4.78, 5) is 0. The van der Waals surface area contributed by atoms with Crippen LogP contribution < -0.4 is 5.73 Å². The van der Waals surface area contributed by atoms with E-state index in [0.717, 1.165) is 31.0 Å². The second kappa shape index (κ2) is 4.36. The average Bonchev–Trinajstić information content (AvgIpc) is 2.63. The number of ether oxygens (including phenoxy) is 1. The van der Waals surface area contributed by atoms with Crippen molar-refractivity contribution in [2.45, 2.75) is 13.5 Å². The number of nitrogen functional groups attached to an aromatic ring is 1. The minimum absolute atomic E-state index is 0.731. The molecule has 2 N–H and O–H groups in total. The van der Waals surface area contributed by atoms with Gasteiger partial charge >= 0.3 is 0 Å². The van der Waals surface area contributed by atoms with Crippen LogP contribution in [-0.4, -0.2) is 17.8 Å². The number of anilines is 1. The summed E-state index contributed by atoms with van der Waals surface area (Å²) in [5.74, 6) is 0. The lowest BCUT2D eigenvalue weighted by molar-refractivity contribution is 0.140. The number of rotatable bonds is 4. The lowest BCUT2D eigenvalue weighted by Gasteiger charge is -2.07. The van der Waals surface area contributed by atoms with E-state index in [9.17, 15) is 0 Å². The van der Waals surface area contributed by atoms with Gasteiger partial charge in [0.15, 0.2) is 0 Å². The first kappa shape index (κ1) is 10.1. The van der Waals surface area contributed by atoms with Crippen LogP contribution in [0.3, 0.4) is 0 Å². The van der Waals surface area contributed by atoms with Crippen LogP contribution in [0.5, 0.6) is 0 Å². The molecule has 0 bridgehead atoms. The number of fused-ring (bicyclic) bond motifs is 1. The highest BCUT2D eigenvalue weighted by Crippen LogP contribution is 2.21. The molecule has 3 heteroatoms. The molecule has 0 amide bonds. The van der Waals surface area contributed by atoms with Crippen molar-refractivity contribution in [1.82, 2.24) is 4.57 Å². The van der Waals surface area contributed by atoms with E-state index < -0.39 is 0 Å². The van der Waals surface area contributed by atoms with E-state index in [0.29, 0.717) is 0 Å². The molecule has 0 radical (unpaired) electrons. The Bertz CT molecular complexity index is 448. The number of nitrogens with zero attached hydrogens (tertiary/aromatic N) is 1. The molecule has 0 aliphatic carbocycles. The van der Waals surface area contributed by atoms with Gasteiger partial charge in [-0.15, -0.1) is 0 Å². The van der Waals surface area contributed by atoms with Gasteiger partial charge in [0.2, 0.25) is 0 Å². The van der Waals surface area contributed by atoms with Crippen LogP contribution in [0.2, 0.25) is 0 Å². The van der Waals surface area contributed by atoms with Crippen molar-refractivity contribution in [3.05, 3.63) is 30.5 Å². The first-order valence-electron chi connectivity index (χ1n) is 5.24.